The van der Waals surface area contributed by atoms with E-state index in [0.29, 0.717) is 19.3 Å². The van der Waals surface area contributed by atoms with Crippen LogP contribution in [0.1, 0.15) is 122 Å². The van der Waals surface area contributed by atoms with Gasteiger partial charge in [-0.2, -0.15) is 0 Å². The van der Waals surface area contributed by atoms with E-state index < -0.39 is 31.0 Å². The molecule has 4 atom stereocenters. The molecule has 0 saturated carbocycles. The minimum Gasteiger partial charge on any atom is -0.478 e. The summed E-state index contributed by atoms with van der Waals surface area (Å²) in [6.07, 6.45) is 11.3. The summed E-state index contributed by atoms with van der Waals surface area (Å²) in [7, 11) is -0.871. The molecule has 6 nitrogen and oxygen atoms in total. The number of carboxylic acid groups (broad SMARTS) is 1. The zero-order valence-electron chi connectivity index (χ0n) is 23.1. The highest BCUT2D eigenvalue weighted by atomic mass is 32.1. The van der Waals surface area contributed by atoms with E-state index in [1.54, 1.807) is 0 Å². The van der Waals surface area contributed by atoms with Crippen molar-refractivity contribution in [2.45, 2.75) is 133 Å². The van der Waals surface area contributed by atoms with Crippen LogP contribution in [-0.4, -0.2) is 39.4 Å². The van der Waals surface area contributed by atoms with E-state index in [2.05, 4.69) is 26.0 Å². The number of hydrogen-bond acceptors (Lipinski definition) is 6. The van der Waals surface area contributed by atoms with Crippen LogP contribution in [0.3, 0.4) is 0 Å². The molecule has 0 bridgehead atoms. The maximum absolute atomic E-state index is 12.3. The fraction of sp³-hybridized carbons (Fsp3) is 0.759. The van der Waals surface area contributed by atoms with Gasteiger partial charge in [-0.1, -0.05) is 102 Å². The molecule has 0 spiro atoms. The van der Waals surface area contributed by atoms with Crippen molar-refractivity contribution in [1.82, 2.24) is 0 Å². The Bertz CT molecular complexity index is 751. The Labute approximate surface area is 231 Å². The van der Waals surface area contributed by atoms with Gasteiger partial charge in [0.15, 0.2) is 0 Å². The first-order chi connectivity index (χ1) is 17.8. The highest BCUT2D eigenvalue weighted by Gasteiger charge is 2.54. The summed E-state index contributed by atoms with van der Waals surface area (Å²) in [5.74, 6) is -1.26. The summed E-state index contributed by atoms with van der Waals surface area (Å²) in [5, 5.41) is 18.2. The molecule has 0 aromatic heterocycles. The zero-order chi connectivity index (χ0) is 27.6. The van der Waals surface area contributed by atoms with Gasteiger partial charge in [-0.05, 0) is 50.0 Å². The average molecular weight is 557 g/mol. The molecule has 0 saturated heterocycles. The summed E-state index contributed by atoms with van der Waals surface area (Å²) in [5.41, 5.74) is 1.24. The van der Waals surface area contributed by atoms with Crippen molar-refractivity contribution in [2.24, 2.45) is 0 Å². The molecule has 0 aliphatic rings. The molecule has 1 aromatic rings. The van der Waals surface area contributed by atoms with Gasteiger partial charge >= 0.3 is 5.97 Å². The van der Waals surface area contributed by atoms with Crippen molar-refractivity contribution < 1.29 is 29.0 Å². The number of ether oxygens (including phenoxy) is 2. The number of benzene rings is 1. The molecular weight excluding hydrogens is 507 g/mol. The number of rotatable bonds is 23. The molecule has 8 heteroatoms. The van der Waals surface area contributed by atoms with E-state index in [0.717, 1.165) is 44.9 Å². The minimum atomic E-state index is -2.44. The first-order valence-electron chi connectivity index (χ1n) is 14.1. The second kappa shape index (κ2) is 19.1. The molecule has 0 heterocycles. The second-order valence-corrected chi connectivity index (χ2v) is 11.7. The topological polar surface area (TPSA) is 93.1 Å². The molecule has 0 aliphatic carbocycles. The van der Waals surface area contributed by atoms with Gasteiger partial charge in [0.1, 0.15) is 4.93 Å². The van der Waals surface area contributed by atoms with Crippen LogP contribution in [0.4, 0.5) is 0 Å². The summed E-state index contributed by atoms with van der Waals surface area (Å²) < 4.78 is 23.6. The third kappa shape index (κ3) is 12.2. The standard InChI is InChI=1S/C29H49O6PS/c1-4-7-9-10-11-12-16-21-28(37,35-29(36-33,26(30)31)27(32)34-23-6-3)22-20-25(17-8-5-2)24-18-14-13-15-19-24/h13-15,18-19,25,27,32,37H,4-12,16-17,20-23H2,1-3H3,(H,30,31). The number of carbonyl (C=O) groups is 1. The molecule has 1 rings (SSSR count). The normalized spacial score (nSPS) is 16.7. The number of aliphatic hydroxyl groups is 1. The number of aliphatic carboxylic acids is 1. The van der Waals surface area contributed by atoms with Crippen molar-refractivity contribution in [2.75, 3.05) is 6.61 Å². The van der Waals surface area contributed by atoms with E-state index in [1.807, 2.05) is 25.1 Å². The summed E-state index contributed by atoms with van der Waals surface area (Å²) >= 11 is 4.89. The monoisotopic (exact) mass is 556 g/mol. The molecule has 0 aliphatic heterocycles. The number of thiol groups is 1. The van der Waals surface area contributed by atoms with Crippen molar-refractivity contribution in [3.63, 3.8) is 0 Å². The SMILES string of the molecule is CCCCCCCCCC(S)(CCC(CCCC)c1ccccc1)OC(P=O)(C(=O)O)C(O)OCCC. The fourth-order valence-corrected chi connectivity index (χ4v) is 5.53. The maximum Gasteiger partial charge on any atom is 0.353 e. The minimum absolute atomic E-state index is 0.125. The molecule has 4 unspecified atom stereocenters. The lowest BCUT2D eigenvalue weighted by Gasteiger charge is -2.38. The van der Waals surface area contributed by atoms with Crippen LogP contribution >= 0.6 is 21.1 Å². The molecular formula is C29H49O6PS. The molecule has 1 aromatic carbocycles. The second-order valence-electron chi connectivity index (χ2n) is 10.0. The first kappa shape index (κ1) is 34.0. The van der Waals surface area contributed by atoms with Crippen LogP contribution in [-0.2, 0) is 18.8 Å². The predicted octanol–water partition coefficient (Wildman–Crippen LogP) is 8.34. The Hall–Kier alpha value is -0.980. The average Bonchev–Trinajstić information content (AvgIpc) is 2.90. The molecule has 2 N–H and O–H groups in total. The Morgan fingerprint density at radius 3 is 2.11 bits per heavy atom. The van der Waals surface area contributed by atoms with Gasteiger partial charge in [0.25, 0.3) is 5.34 Å². The summed E-state index contributed by atoms with van der Waals surface area (Å²) in [6, 6.07) is 10.3. The van der Waals surface area contributed by atoms with Crippen molar-refractivity contribution >= 4 is 27.1 Å². The number of hydrogen-bond donors (Lipinski definition) is 3. The Morgan fingerprint density at radius 2 is 1.54 bits per heavy atom. The van der Waals surface area contributed by atoms with E-state index in [-0.39, 0.29) is 12.5 Å². The molecule has 0 amide bonds. The Balaban J connectivity index is 3.10. The smallest absolute Gasteiger partial charge is 0.353 e. The van der Waals surface area contributed by atoms with Gasteiger partial charge in [-0.25, -0.2) is 4.79 Å². The van der Waals surface area contributed by atoms with E-state index >= 15 is 0 Å². The summed E-state index contributed by atoms with van der Waals surface area (Å²) in [4.78, 5) is 11.1. The molecule has 37 heavy (non-hydrogen) atoms. The third-order valence-electron chi connectivity index (χ3n) is 6.83. The Morgan fingerprint density at radius 1 is 0.919 bits per heavy atom. The van der Waals surface area contributed by atoms with E-state index in [9.17, 15) is 19.6 Å². The lowest BCUT2D eigenvalue weighted by Crippen LogP contribution is -2.53. The maximum atomic E-state index is 12.3. The van der Waals surface area contributed by atoms with Crippen LogP contribution < -0.4 is 0 Å². The largest absolute Gasteiger partial charge is 0.478 e. The highest BCUT2D eigenvalue weighted by Crippen LogP contribution is 2.43. The third-order valence-corrected chi connectivity index (χ3v) is 8.15. The van der Waals surface area contributed by atoms with Gasteiger partial charge in [0.2, 0.25) is 14.8 Å². The van der Waals surface area contributed by atoms with Gasteiger partial charge in [0.05, 0.1) is 0 Å². The number of unbranched alkanes of at least 4 members (excludes halogenated alkanes) is 7. The lowest BCUT2D eigenvalue weighted by molar-refractivity contribution is -0.227. The van der Waals surface area contributed by atoms with Crippen LogP contribution in [0, 0.1) is 0 Å². The lowest BCUT2D eigenvalue weighted by atomic mass is 9.87. The van der Waals surface area contributed by atoms with Crippen molar-refractivity contribution in [3.05, 3.63) is 35.9 Å². The van der Waals surface area contributed by atoms with E-state index in [1.165, 1.54) is 31.2 Å². The summed E-state index contributed by atoms with van der Waals surface area (Å²) in [6.45, 7) is 6.33. The zero-order valence-corrected chi connectivity index (χ0v) is 24.9. The van der Waals surface area contributed by atoms with Crippen molar-refractivity contribution in [3.8, 4) is 0 Å². The van der Waals surface area contributed by atoms with Crippen LogP contribution in [0.5, 0.6) is 0 Å². The quantitative estimate of drug-likeness (QED) is 0.0543. The first-order valence-corrected chi connectivity index (χ1v) is 15.4. The van der Waals surface area contributed by atoms with Crippen LogP contribution in [0.15, 0.2) is 30.3 Å². The highest BCUT2D eigenvalue weighted by molar-refractivity contribution is 7.81. The van der Waals surface area contributed by atoms with Gasteiger partial charge < -0.3 is 19.7 Å². The van der Waals surface area contributed by atoms with Gasteiger partial charge in [0, 0.05) is 6.61 Å². The number of aliphatic hydroxyl groups excluding tert-OH is 1. The van der Waals surface area contributed by atoms with E-state index in [4.69, 9.17) is 22.1 Å². The molecule has 212 valence electrons. The van der Waals surface area contributed by atoms with Crippen molar-refractivity contribution in [1.29, 1.82) is 0 Å². The Kier molecular flexibility index (Phi) is 17.6. The number of carboxylic acids is 1. The fourth-order valence-electron chi connectivity index (χ4n) is 4.57. The molecule has 0 fully saturated rings. The van der Waals surface area contributed by atoms with Gasteiger partial charge in [-0.3, -0.25) is 4.57 Å². The predicted molar refractivity (Wildman–Crippen MR) is 154 cm³/mol. The van der Waals surface area contributed by atoms with Crippen LogP contribution in [0.2, 0.25) is 0 Å². The van der Waals surface area contributed by atoms with Crippen LogP contribution in [0.25, 0.3) is 0 Å². The van der Waals surface area contributed by atoms with Gasteiger partial charge in [-0.15, -0.1) is 12.6 Å². The molecule has 0 radical (unpaired) electrons.